The molecule has 0 bridgehead atoms. The van der Waals surface area contributed by atoms with E-state index in [0.717, 1.165) is 53.0 Å². The van der Waals surface area contributed by atoms with Crippen LogP contribution in [-0.2, 0) is 9.59 Å². The Kier molecular flexibility index (Phi) is 5.03. The summed E-state index contributed by atoms with van der Waals surface area (Å²) >= 11 is 0. The average molecular weight is 357 g/mol. The molecule has 6 nitrogen and oxygen atoms in total. The Hall–Kier alpha value is -2.37. The van der Waals surface area contributed by atoms with E-state index in [1.54, 1.807) is 0 Å². The maximum absolute atomic E-state index is 12.9. The first kappa shape index (κ1) is 18.4. The lowest BCUT2D eigenvalue weighted by molar-refractivity contribution is -0.134. The van der Waals surface area contributed by atoms with Crippen molar-refractivity contribution in [2.24, 2.45) is 0 Å². The molecule has 0 atom stereocenters. The number of aryl methyl sites for hydroxylation is 3. The molecule has 1 spiro atoms. The summed E-state index contributed by atoms with van der Waals surface area (Å²) in [7, 11) is 0. The Morgan fingerprint density at radius 3 is 2.23 bits per heavy atom. The number of anilines is 1. The molecule has 1 heterocycles. The Morgan fingerprint density at radius 2 is 1.65 bits per heavy atom. The van der Waals surface area contributed by atoms with E-state index >= 15 is 0 Å². The predicted octanol–water partition coefficient (Wildman–Crippen LogP) is 3.20. The van der Waals surface area contributed by atoms with Gasteiger partial charge >= 0.3 is 6.03 Å². The first-order valence-corrected chi connectivity index (χ1v) is 9.34. The minimum atomic E-state index is -0.802. The third-order valence-electron chi connectivity index (χ3n) is 5.45. The highest BCUT2D eigenvalue weighted by molar-refractivity contribution is 6.10. The van der Waals surface area contributed by atoms with Gasteiger partial charge in [0.05, 0.1) is 0 Å². The molecule has 1 aliphatic heterocycles. The number of carbonyl (C=O) groups excluding carboxylic acids is 3. The molecule has 4 amide bonds. The van der Waals surface area contributed by atoms with Gasteiger partial charge in [-0.2, -0.15) is 0 Å². The number of nitrogens with one attached hydrogen (secondary N) is 2. The van der Waals surface area contributed by atoms with Crippen LogP contribution >= 0.6 is 0 Å². The lowest BCUT2D eigenvalue weighted by Gasteiger charge is -2.24. The molecule has 0 aromatic heterocycles. The Bertz CT molecular complexity index is 726. The topological polar surface area (TPSA) is 78.5 Å². The van der Waals surface area contributed by atoms with Crippen LogP contribution in [0.2, 0.25) is 0 Å². The minimum Gasteiger partial charge on any atom is -0.324 e. The zero-order chi connectivity index (χ0) is 18.9. The molecule has 140 valence electrons. The van der Waals surface area contributed by atoms with Crippen molar-refractivity contribution >= 4 is 23.5 Å². The predicted molar refractivity (Wildman–Crippen MR) is 100.0 cm³/mol. The molecule has 1 saturated heterocycles. The summed E-state index contributed by atoms with van der Waals surface area (Å²) in [6.07, 6.45) is 5.33. The van der Waals surface area contributed by atoms with Crippen LogP contribution in [0.5, 0.6) is 0 Å². The SMILES string of the molecule is Cc1cc(C)c(NC(=O)CN2C(=O)NC3(CCCCCC3)C2=O)c(C)c1. The fraction of sp³-hybridized carbons (Fsp3) is 0.550. The third-order valence-corrected chi connectivity index (χ3v) is 5.45. The average Bonchev–Trinajstić information content (AvgIpc) is 2.73. The van der Waals surface area contributed by atoms with E-state index in [2.05, 4.69) is 10.6 Å². The van der Waals surface area contributed by atoms with Crippen molar-refractivity contribution in [1.82, 2.24) is 10.2 Å². The van der Waals surface area contributed by atoms with Crippen LogP contribution in [0.1, 0.15) is 55.2 Å². The lowest BCUT2D eigenvalue weighted by Crippen LogP contribution is -2.47. The molecule has 0 radical (unpaired) electrons. The van der Waals surface area contributed by atoms with Crippen molar-refractivity contribution < 1.29 is 14.4 Å². The fourth-order valence-electron chi connectivity index (χ4n) is 4.19. The fourth-order valence-corrected chi connectivity index (χ4v) is 4.19. The van der Waals surface area contributed by atoms with Crippen LogP contribution in [-0.4, -0.2) is 34.8 Å². The second-order valence-corrected chi connectivity index (χ2v) is 7.64. The first-order valence-electron chi connectivity index (χ1n) is 9.34. The Balaban J connectivity index is 1.71. The minimum absolute atomic E-state index is 0.251. The molecule has 3 rings (SSSR count). The monoisotopic (exact) mass is 357 g/mol. The van der Waals surface area contributed by atoms with E-state index in [9.17, 15) is 14.4 Å². The van der Waals surface area contributed by atoms with E-state index in [4.69, 9.17) is 0 Å². The summed E-state index contributed by atoms with van der Waals surface area (Å²) < 4.78 is 0. The van der Waals surface area contributed by atoms with E-state index in [1.807, 2.05) is 32.9 Å². The summed E-state index contributed by atoms with van der Waals surface area (Å²) in [5, 5.41) is 5.73. The number of benzene rings is 1. The van der Waals surface area contributed by atoms with Crippen molar-refractivity contribution in [2.45, 2.75) is 64.8 Å². The molecule has 2 aliphatic rings. The Labute approximate surface area is 154 Å². The molecule has 1 aromatic rings. The molecule has 0 unspecified atom stereocenters. The number of nitrogens with zero attached hydrogens (tertiary/aromatic N) is 1. The smallest absolute Gasteiger partial charge is 0.324 e. The first-order chi connectivity index (χ1) is 12.3. The molecule has 2 fully saturated rings. The van der Waals surface area contributed by atoms with Crippen LogP contribution in [0.3, 0.4) is 0 Å². The maximum Gasteiger partial charge on any atom is 0.325 e. The second-order valence-electron chi connectivity index (χ2n) is 7.64. The summed E-state index contributed by atoms with van der Waals surface area (Å²) in [5.74, 6) is -0.605. The summed E-state index contributed by atoms with van der Waals surface area (Å²) in [5.41, 5.74) is 3.00. The molecule has 1 saturated carbocycles. The zero-order valence-electron chi connectivity index (χ0n) is 15.8. The molecule has 6 heteroatoms. The van der Waals surface area contributed by atoms with E-state index in [1.165, 1.54) is 0 Å². The van der Waals surface area contributed by atoms with Crippen LogP contribution in [0, 0.1) is 20.8 Å². The van der Waals surface area contributed by atoms with Gasteiger partial charge in [0.15, 0.2) is 0 Å². The largest absolute Gasteiger partial charge is 0.325 e. The lowest BCUT2D eigenvalue weighted by atomic mass is 9.90. The van der Waals surface area contributed by atoms with Crippen molar-refractivity contribution in [3.8, 4) is 0 Å². The molecular formula is C20H27N3O3. The van der Waals surface area contributed by atoms with Crippen molar-refractivity contribution in [2.75, 3.05) is 11.9 Å². The van der Waals surface area contributed by atoms with Gasteiger partial charge in [-0.1, -0.05) is 43.4 Å². The van der Waals surface area contributed by atoms with Crippen LogP contribution in [0.15, 0.2) is 12.1 Å². The van der Waals surface area contributed by atoms with Crippen LogP contribution in [0.25, 0.3) is 0 Å². The van der Waals surface area contributed by atoms with E-state index in [-0.39, 0.29) is 18.4 Å². The van der Waals surface area contributed by atoms with Crippen LogP contribution < -0.4 is 10.6 Å². The summed E-state index contributed by atoms with van der Waals surface area (Å²) in [4.78, 5) is 38.8. The highest BCUT2D eigenvalue weighted by atomic mass is 16.2. The highest BCUT2D eigenvalue weighted by Crippen LogP contribution is 2.32. The highest BCUT2D eigenvalue weighted by Gasteiger charge is 2.51. The quantitative estimate of drug-likeness (QED) is 0.816. The molecule has 1 aliphatic carbocycles. The molecular weight excluding hydrogens is 330 g/mol. The Morgan fingerprint density at radius 1 is 1.08 bits per heavy atom. The number of rotatable bonds is 3. The second kappa shape index (κ2) is 7.09. The number of hydrogen-bond donors (Lipinski definition) is 2. The van der Waals surface area contributed by atoms with Gasteiger partial charge in [0, 0.05) is 5.69 Å². The van der Waals surface area contributed by atoms with E-state index < -0.39 is 11.6 Å². The standard InChI is InChI=1S/C20H27N3O3/c1-13-10-14(2)17(15(3)11-13)21-16(24)12-23-18(25)20(22-19(23)26)8-6-4-5-7-9-20/h10-11H,4-9,12H2,1-3H3,(H,21,24)(H,22,26). The van der Waals surface area contributed by atoms with Gasteiger partial charge in [-0.15, -0.1) is 0 Å². The van der Waals surface area contributed by atoms with Crippen LogP contribution in [0.4, 0.5) is 10.5 Å². The molecule has 2 N–H and O–H groups in total. The number of amides is 4. The normalized spacial score (nSPS) is 19.4. The third kappa shape index (κ3) is 3.45. The van der Waals surface area contributed by atoms with Gasteiger partial charge < -0.3 is 10.6 Å². The van der Waals surface area contributed by atoms with Gasteiger partial charge in [-0.3, -0.25) is 14.5 Å². The number of imide groups is 1. The number of carbonyl (C=O) groups is 3. The van der Waals surface area contributed by atoms with Gasteiger partial charge in [0.25, 0.3) is 5.91 Å². The van der Waals surface area contributed by atoms with Gasteiger partial charge in [0.2, 0.25) is 5.91 Å². The van der Waals surface area contributed by atoms with Gasteiger partial charge in [-0.25, -0.2) is 4.79 Å². The maximum atomic E-state index is 12.9. The zero-order valence-corrected chi connectivity index (χ0v) is 15.8. The number of urea groups is 1. The molecule has 1 aromatic carbocycles. The van der Waals surface area contributed by atoms with Gasteiger partial charge in [-0.05, 0) is 44.7 Å². The van der Waals surface area contributed by atoms with Gasteiger partial charge in [0.1, 0.15) is 12.1 Å². The van der Waals surface area contributed by atoms with Crippen molar-refractivity contribution in [3.63, 3.8) is 0 Å². The van der Waals surface area contributed by atoms with E-state index in [0.29, 0.717) is 12.8 Å². The molecule has 26 heavy (non-hydrogen) atoms. The van der Waals surface area contributed by atoms with Crippen molar-refractivity contribution in [1.29, 1.82) is 0 Å². The summed E-state index contributed by atoms with van der Waals surface area (Å²) in [6.45, 7) is 5.62. The summed E-state index contributed by atoms with van der Waals surface area (Å²) in [6, 6.07) is 3.54. The number of hydrogen-bond acceptors (Lipinski definition) is 3. The van der Waals surface area contributed by atoms with Crippen molar-refractivity contribution in [3.05, 3.63) is 28.8 Å².